The number of benzene rings is 3. The van der Waals surface area contributed by atoms with Crippen molar-refractivity contribution in [2.75, 3.05) is 11.1 Å². The topological polar surface area (TPSA) is 97.1 Å². The van der Waals surface area contributed by atoms with Gasteiger partial charge in [0.05, 0.1) is 17.0 Å². The van der Waals surface area contributed by atoms with Crippen molar-refractivity contribution in [3.63, 3.8) is 0 Å². The molecule has 4 rings (SSSR count). The van der Waals surface area contributed by atoms with Gasteiger partial charge in [-0.05, 0) is 54.8 Å². The largest absolute Gasteiger partial charge is 0.411 e. The van der Waals surface area contributed by atoms with E-state index >= 15 is 0 Å². The molecule has 0 saturated heterocycles. The van der Waals surface area contributed by atoms with Crippen molar-refractivity contribution in [3.8, 4) is 11.5 Å². The van der Waals surface area contributed by atoms with Gasteiger partial charge in [0.15, 0.2) is 0 Å². The zero-order chi connectivity index (χ0) is 23.9. The summed E-state index contributed by atoms with van der Waals surface area (Å²) in [5.74, 6) is -0.0674. The van der Waals surface area contributed by atoms with Crippen molar-refractivity contribution in [2.24, 2.45) is 0 Å². The molecule has 0 aliphatic heterocycles. The van der Waals surface area contributed by atoms with Crippen LogP contribution in [-0.4, -0.2) is 27.8 Å². The minimum atomic E-state index is -0.278. The first-order valence-electron chi connectivity index (χ1n) is 10.7. The molecule has 3 aromatic carbocycles. The lowest BCUT2D eigenvalue weighted by atomic mass is 10.1. The van der Waals surface area contributed by atoms with Crippen LogP contribution >= 0.6 is 11.8 Å². The van der Waals surface area contributed by atoms with Crippen LogP contribution in [0.2, 0.25) is 0 Å². The maximum Gasteiger partial charge on any atom is 0.277 e. The minimum Gasteiger partial charge on any atom is -0.411 e. The number of aromatic nitrogens is 2. The van der Waals surface area contributed by atoms with Crippen LogP contribution in [-0.2, 0) is 11.3 Å². The first kappa shape index (κ1) is 23.3. The molecule has 1 aromatic heterocycles. The molecule has 0 fully saturated rings. The van der Waals surface area contributed by atoms with E-state index in [2.05, 4.69) is 20.8 Å². The Morgan fingerprint density at radius 3 is 2.47 bits per heavy atom. The van der Waals surface area contributed by atoms with E-state index < -0.39 is 0 Å². The Hall–Kier alpha value is -3.91. The lowest BCUT2D eigenvalue weighted by Crippen LogP contribution is -2.25. The van der Waals surface area contributed by atoms with Gasteiger partial charge >= 0.3 is 0 Å². The Kier molecular flexibility index (Phi) is 7.39. The Morgan fingerprint density at radius 1 is 0.912 bits per heavy atom. The van der Waals surface area contributed by atoms with E-state index in [1.165, 1.54) is 5.56 Å². The maximum absolute atomic E-state index is 12.7. The molecule has 8 heteroatoms. The quantitative estimate of drug-likeness (QED) is 0.350. The molecule has 2 N–H and O–H groups in total. The molecule has 172 valence electrons. The normalized spacial score (nSPS) is 10.6. The number of rotatable bonds is 8. The van der Waals surface area contributed by atoms with E-state index in [1.54, 1.807) is 24.3 Å². The van der Waals surface area contributed by atoms with Crippen LogP contribution < -0.4 is 10.6 Å². The molecule has 0 unspecified atom stereocenters. The number of hydrogen-bond acceptors (Lipinski definition) is 6. The first-order valence-corrected chi connectivity index (χ1v) is 11.7. The summed E-state index contributed by atoms with van der Waals surface area (Å²) >= 11 is 1.14. The number of para-hydroxylation sites is 1. The predicted molar refractivity (Wildman–Crippen MR) is 133 cm³/mol. The van der Waals surface area contributed by atoms with E-state index in [9.17, 15) is 9.59 Å². The van der Waals surface area contributed by atoms with Crippen LogP contribution in [0.5, 0.6) is 0 Å². The SMILES string of the molecule is Cc1ccc(-c2nnc(SCC(=O)Nc3ccccc3C(=O)NCc3ccccc3)o2)cc1C. The van der Waals surface area contributed by atoms with Crippen molar-refractivity contribution in [2.45, 2.75) is 25.6 Å². The molecule has 0 saturated carbocycles. The zero-order valence-corrected chi connectivity index (χ0v) is 19.7. The van der Waals surface area contributed by atoms with Gasteiger partial charge in [-0.25, -0.2) is 0 Å². The Bertz CT molecular complexity index is 1300. The zero-order valence-electron chi connectivity index (χ0n) is 18.9. The van der Waals surface area contributed by atoms with E-state index in [4.69, 9.17) is 4.42 Å². The van der Waals surface area contributed by atoms with E-state index in [0.717, 1.165) is 28.5 Å². The standard InChI is InChI=1S/C26H24N4O3S/c1-17-12-13-20(14-18(17)2)25-29-30-26(33-25)34-16-23(31)28-22-11-7-6-10-21(22)24(32)27-15-19-8-4-3-5-9-19/h3-14H,15-16H2,1-2H3,(H,27,32)(H,28,31). The monoisotopic (exact) mass is 472 g/mol. The summed E-state index contributed by atoms with van der Waals surface area (Å²) in [6.45, 7) is 4.46. The molecule has 0 aliphatic rings. The second-order valence-electron chi connectivity index (χ2n) is 7.72. The summed E-state index contributed by atoms with van der Waals surface area (Å²) in [4.78, 5) is 25.2. The van der Waals surface area contributed by atoms with Crippen molar-refractivity contribution in [1.29, 1.82) is 0 Å². The van der Waals surface area contributed by atoms with E-state index in [0.29, 0.717) is 28.9 Å². The van der Waals surface area contributed by atoms with Gasteiger partial charge in [0, 0.05) is 12.1 Å². The van der Waals surface area contributed by atoms with Gasteiger partial charge in [-0.3, -0.25) is 9.59 Å². The summed E-state index contributed by atoms with van der Waals surface area (Å²) in [6.07, 6.45) is 0. The van der Waals surface area contributed by atoms with Crippen molar-refractivity contribution in [1.82, 2.24) is 15.5 Å². The third-order valence-electron chi connectivity index (χ3n) is 5.23. The average molecular weight is 473 g/mol. The molecule has 34 heavy (non-hydrogen) atoms. The fourth-order valence-corrected chi connectivity index (χ4v) is 3.80. The predicted octanol–water partition coefficient (Wildman–Crippen LogP) is 5.01. The van der Waals surface area contributed by atoms with Crippen LogP contribution in [0, 0.1) is 13.8 Å². The number of anilines is 1. The summed E-state index contributed by atoms with van der Waals surface area (Å²) < 4.78 is 5.70. The van der Waals surface area contributed by atoms with Gasteiger partial charge in [0.1, 0.15) is 0 Å². The Morgan fingerprint density at radius 2 is 1.68 bits per heavy atom. The Balaban J connectivity index is 1.34. The van der Waals surface area contributed by atoms with Crippen LogP contribution in [0.25, 0.3) is 11.5 Å². The van der Waals surface area contributed by atoms with Crippen LogP contribution in [0.15, 0.2) is 82.4 Å². The molecule has 0 bridgehead atoms. The molecular formula is C26H24N4O3S. The number of amides is 2. The van der Waals surface area contributed by atoms with Crippen LogP contribution in [0.3, 0.4) is 0 Å². The second kappa shape index (κ2) is 10.8. The maximum atomic E-state index is 12.7. The summed E-state index contributed by atoms with van der Waals surface area (Å²) in [5.41, 5.74) is 4.99. The van der Waals surface area contributed by atoms with Gasteiger partial charge in [-0.2, -0.15) is 0 Å². The second-order valence-corrected chi connectivity index (χ2v) is 8.65. The number of nitrogens with zero attached hydrogens (tertiary/aromatic N) is 2. The number of hydrogen-bond donors (Lipinski definition) is 2. The number of aryl methyl sites for hydroxylation is 2. The number of nitrogens with one attached hydrogen (secondary N) is 2. The van der Waals surface area contributed by atoms with Gasteiger partial charge in [-0.15, -0.1) is 10.2 Å². The molecular weight excluding hydrogens is 448 g/mol. The number of carbonyl (C=O) groups is 2. The lowest BCUT2D eigenvalue weighted by molar-refractivity contribution is -0.113. The molecule has 7 nitrogen and oxygen atoms in total. The van der Waals surface area contributed by atoms with Gasteiger partial charge < -0.3 is 15.1 Å². The smallest absolute Gasteiger partial charge is 0.277 e. The first-order chi connectivity index (χ1) is 16.5. The van der Waals surface area contributed by atoms with Crippen molar-refractivity contribution < 1.29 is 14.0 Å². The summed E-state index contributed by atoms with van der Waals surface area (Å²) in [6, 6.07) is 22.5. The molecule has 0 radical (unpaired) electrons. The van der Waals surface area contributed by atoms with E-state index in [1.807, 2.05) is 62.4 Å². The van der Waals surface area contributed by atoms with Crippen molar-refractivity contribution >= 4 is 29.3 Å². The third kappa shape index (κ3) is 5.90. The average Bonchev–Trinajstić information content (AvgIpc) is 3.33. The molecule has 2 amide bonds. The molecule has 0 atom stereocenters. The Labute approximate surface area is 202 Å². The van der Waals surface area contributed by atoms with Gasteiger partial charge in [0.2, 0.25) is 11.8 Å². The molecule has 1 heterocycles. The molecule has 0 spiro atoms. The highest BCUT2D eigenvalue weighted by Gasteiger charge is 2.15. The highest BCUT2D eigenvalue weighted by Crippen LogP contribution is 2.25. The number of thioether (sulfide) groups is 1. The molecule has 4 aromatic rings. The molecule has 0 aliphatic carbocycles. The fraction of sp³-hybridized carbons (Fsp3) is 0.154. The minimum absolute atomic E-state index is 0.0640. The summed E-state index contributed by atoms with van der Waals surface area (Å²) in [5, 5.41) is 14.1. The van der Waals surface area contributed by atoms with Gasteiger partial charge in [0.25, 0.3) is 11.1 Å². The number of carbonyl (C=O) groups excluding carboxylic acids is 2. The highest BCUT2D eigenvalue weighted by atomic mass is 32.2. The summed E-state index contributed by atoms with van der Waals surface area (Å²) in [7, 11) is 0. The highest BCUT2D eigenvalue weighted by molar-refractivity contribution is 7.99. The van der Waals surface area contributed by atoms with Crippen molar-refractivity contribution in [3.05, 3.63) is 95.1 Å². The fourth-order valence-electron chi connectivity index (χ4n) is 3.24. The van der Waals surface area contributed by atoms with E-state index in [-0.39, 0.29) is 17.6 Å². The third-order valence-corrected chi connectivity index (χ3v) is 6.05. The van der Waals surface area contributed by atoms with Crippen LogP contribution in [0.1, 0.15) is 27.0 Å². The lowest BCUT2D eigenvalue weighted by Gasteiger charge is -2.11. The van der Waals surface area contributed by atoms with Crippen LogP contribution in [0.4, 0.5) is 5.69 Å². The van der Waals surface area contributed by atoms with Gasteiger partial charge in [-0.1, -0.05) is 60.3 Å².